The summed E-state index contributed by atoms with van der Waals surface area (Å²) in [7, 11) is 1.60. The number of benzene rings is 2. The molecule has 1 aliphatic heterocycles. The molecule has 1 N–H and O–H groups in total. The van der Waals surface area contributed by atoms with Crippen molar-refractivity contribution in [3.05, 3.63) is 84.1 Å². The Morgan fingerprint density at radius 3 is 2.50 bits per heavy atom. The van der Waals surface area contributed by atoms with Gasteiger partial charge in [-0.2, -0.15) is 0 Å². The average molecular weight is 373 g/mol. The maximum atomic E-state index is 12.5. The van der Waals surface area contributed by atoms with E-state index in [-0.39, 0.29) is 11.8 Å². The Morgan fingerprint density at radius 1 is 1.04 bits per heavy atom. The van der Waals surface area contributed by atoms with Crippen molar-refractivity contribution in [3.63, 3.8) is 0 Å². The molecule has 0 aliphatic carbocycles. The van der Waals surface area contributed by atoms with Crippen LogP contribution in [0.5, 0.6) is 5.75 Å². The van der Waals surface area contributed by atoms with Crippen molar-refractivity contribution in [2.45, 2.75) is 6.42 Å². The van der Waals surface area contributed by atoms with Crippen LogP contribution in [0.1, 0.15) is 11.1 Å². The molecule has 1 amide bonds. The molecule has 2 aromatic carbocycles. The lowest BCUT2D eigenvalue weighted by molar-refractivity contribution is -0.120. The summed E-state index contributed by atoms with van der Waals surface area (Å²) in [6.07, 6.45) is 2.79. The molecule has 0 radical (unpaired) electrons. The molecule has 0 saturated carbocycles. The minimum atomic E-state index is -0.0456. The van der Waals surface area contributed by atoms with Gasteiger partial charge in [0.1, 0.15) is 11.6 Å². The molecule has 0 atom stereocenters. The summed E-state index contributed by atoms with van der Waals surface area (Å²) in [5, 5.41) is 2.96. The zero-order valence-corrected chi connectivity index (χ0v) is 15.8. The van der Waals surface area contributed by atoms with Gasteiger partial charge in [-0.1, -0.05) is 48.5 Å². The number of hydrogen-bond donors (Lipinski definition) is 1. The molecular weight excluding hydrogens is 350 g/mol. The van der Waals surface area contributed by atoms with Gasteiger partial charge in [-0.05, 0) is 35.7 Å². The lowest BCUT2D eigenvalue weighted by atomic mass is 9.98. The molecule has 0 bridgehead atoms. The first kappa shape index (κ1) is 18.0. The fourth-order valence-electron chi connectivity index (χ4n) is 3.35. The highest BCUT2D eigenvalue weighted by Gasteiger charge is 2.33. The van der Waals surface area contributed by atoms with Crippen LogP contribution in [0.15, 0.2) is 72.9 Å². The summed E-state index contributed by atoms with van der Waals surface area (Å²) >= 11 is 0. The quantitative estimate of drug-likeness (QED) is 0.715. The first-order valence-corrected chi connectivity index (χ1v) is 9.40. The highest BCUT2D eigenvalue weighted by molar-refractivity contribution is 5.95. The molecule has 1 saturated heterocycles. The monoisotopic (exact) mass is 373 g/mol. The van der Waals surface area contributed by atoms with Gasteiger partial charge >= 0.3 is 0 Å². The summed E-state index contributed by atoms with van der Waals surface area (Å²) in [6.45, 7) is 1.35. The van der Waals surface area contributed by atoms with Gasteiger partial charge in [-0.15, -0.1) is 0 Å². The van der Waals surface area contributed by atoms with E-state index < -0.39 is 0 Å². The van der Waals surface area contributed by atoms with Gasteiger partial charge in [0, 0.05) is 19.3 Å². The van der Waals surface area contributed by atoms with Crippen LogP contribution in [-0.2, 0) is 11.2 Å². The first-order chi connectivity index (χ1) is 13.7. The number of anilines is 2. The second-order valence-electron chi connectivity index (χ2n) is 6.98. The molecule has 2 heterocycles. The summed E-state index contributed by atoms with van der Waals surface area (Å²) < 4.78 is 5.29. The fourth-order valence-corrected chi connectivity index (χ4v) is 3.35. The number of carbonyl (C=O) groups excluding carboxylic acids is 1. The van der Waals surface area contributed by atoms with Crippen LogP contribution in [0, 0.1) is 5.92 Å². The minimum Gasteiger partial charge on any atom is -0.495 e. The van der Waals surface area contributed by atoms with Crippen LogP contribution in [0.25, 0.3) is 0 Å². The van der Waals surface area contributed by atoms with Crippen LogP contribution in [-0.4, -0.2) is 31.1 Å². The van der Waals surface area contributed by atoms with E-state index in [4.69, 9.17) is 4.74 Å². The molecule has 0 spiro atoms. The highest BCUT2D eigenvalue weighted by atomic mass is 16.5. The maximum absolute atomic E-state index is 12.5. The minimum absolute atomic E-state index is 0.0152. The van der Waals surface area contributed by atoms with Crippen molar-refractivity contribution in [3.8, 4) is 5.75 Å². The van der Waals surface area contributed by atoms with Gasteiger partial charge in [0.15, 0.2) is 0 Å². The lowest BCUT2D eigenvalue weighted by Crippen LogP contribution is -2.52. The molecule has 142 valence electrons. The topological polar surface area (TPSA) is 54.5 Å². The second kappa shape index (κ2) is 8.13. The number of rotatable bonds is 6. The van der Waals surface area contributed by atoms with Crippen molar-refractivity contribution in [1.29, 1.82) is 0 Å². The largest absolute Gasteiger partial charge is 0.495 e. The zero-order valence-electron chi connectivity index (χ0n) is 15.8. The van der Waals surface area contributed by atoms with Crippen LogP contribution in [0.4, 0.5) is 11.5 Å². The number of hydrogen-bond acceptors (Lipinski definition) is 4. The van der Waals surface area contributed by atoms with E-state index in [1.807, 2.05) is 54.7 Å². The van der Waals surface area contributed by atoms with Crippen molar-refractivity contribution in [2.24, 2.45) is 5.92 Å². The van der Waals surface area contributed by atoms with Crippen molar-refractivity contribution >= 4 is 17.4 Å². The Hall–Kier alpha value is -3.34. The van der Waals surface area contributed by atoms with E-state index in [1.165, 1.54) is 11.1 Å². The number of nitrogens with zero attached hydrogens (tertiary/aromatic N) is 2. The fraction of sp³-hybridized carbons (Fsp3) is 0.217. The molecular formula is C23H23N3O2. The number of methoxy groups -OCH3 is 1. The summed E-state index contributed by atoms with van der Waals surface area (Å²) in [4.78, 5) is 19.2. The van der Waals surface area contributed by atoms with Crippen molar-refractivity contribution < 1.29 is 9.53 Å². The van der Waals surface area contributed by atoms with Gasteiger partial charge < -0.3 is 15.0 Å². The van der Waals surface area contributed by atoms with Crippen molar-refractivity contribution in [1.82, 2.24) is 4.98 Å². The molecule has 5 heteroatoms. The Labute approximate surface area is 165 Å². The number of nitrogens with one attached hydrogen (secondary N) is 1. The zero-order chi connectivity index (χ0) is 19.3. The molecule has 4 rings (SSSR count). The third-order valence-corrected chi connectivity index (χ3v) is 5.00. The number of pyridine rings is 1. The highest BCUT2D eigenvalue weighted by Crippen LogP contribution is 2.27. The molecule has 0 unspecified atom stereocenters. The predicted octanol–water partition coefficient (Wildman–Crippen LogP) is 3.76. The van der Waals surface area contributed by atoms with Gasteiger partial charge in [-0.25, -0.2) is 4.98 Å². The third kappa shape index (κ3) is 3.98. The molecule has 5 nitrogen and oxygen atoms in total. The Kier molecular flexibility index (Phi) is 5.24. The third-order valence-electron chi connectivity index (χ3n) is 5.00. The first-order valence-electron chi connectivity index (χ1n) is 9.40. The molecule has 28 heavy (non-hydrogen) atoms. The van der Waals surface area contributed by atoms with Crippen molar-refractivity contribution in [2.75, 3.05) is 30.4 Å². The van der Waals surface area contributed by atoms with E-state index >= 15 is 0 Å². The Bertz CT molecular complexity index is 936. The van der Waals surface area contributed by atoms with Gasteiger partial charge in [-0.3, -0.25) is 4.79 Å². The summed E-state index contributed by atoms with van der Waals surface area (Å²) in [5.41, 5.74) is 3.16. The van der Waals surface area contributed by atoms with Crippen LogP contribution in [0.2, 0.25) is 0 Å². The SMILES string of the molecule is COc1ccccc1NC(=O)C1CN(c2ccc(Cc3ccccc3)cn2)C1. The van der Waals surface area contributed by atoms with E-state index in [2.05, 4.69) is 33.4 Å². The van der Waals surface area contributed by atoms with E-state index in [9.17, 15) is 4.79 Å². The van der Waals surface area contributed by atoms with Crippen LogP contribution < -0.4 is 15.0 Å². The molecule has 1 fully saturated rings. The summed E-state index contributed by atoms with van der Waals surface area (Å²) in [6, 6.07) is 21.9. The number of aromatic nitrogens is 1. The smallest absolute Gasteiger partial charge is 0.231 e. The molecule has 1 aromatic heterocycles. The second-order valence-corrected chi connectivity index (χ2v) is 6.98. The van der Waals surface area contributed by atoms with Gasteiger partial charge in [0.2, 0.25) is 5.91 Å². The van der Waals surface area contributed by atoms with Gasteiger partial charge in [0.25, 0.3) is 0 Å². The predicted molar refractivity (Wildman–Crippen MR) is 111 cm³/mol. The Balaban J connectivity index is 1.31. The number of amides is 1. The summed E-state index contributed by atoms with van der Waals surface area (Å²) in [5.74, 6) is 1.55. The van der Waals surface area contributed by atoms with Crippen LogP contribution in [0.3, 0.4) is 0 Å². The number of ether oxygens (including phenoxy) is 1. The van der Waals surface area contributed by atoms with E-state index in [0.29, 0.717) is 24.5 Å². The van der Waals surface area contributed by atoms with Crippen LogP contribution >= 0.6 is 0 Å². The average Bonchev–Trinajstić information content (AvgIpc) is 2.69. The molecule has 1 aliphatic rings. The lowest BCUT2D eigenvalue weighted by Gasteiger charge is -2.39. The molecule has 3 aromatic rings. The standard InChI is InChI=1S/C23H23N3O2/c1-28-21-10-6-5-9-20(21)25-23(27)19-15-26(16-19)22-12-11-18(14-24-22)13-17-7-3-2-4-8-17/h2-12,14,19H,13,15-16H2,1H3,(H,25,27). The van der Waals surface area contributed by atoms with E-state index in [1.54, 1.807) is 7.11 Å². The number of para-hydroxylation sites is 2. The Morgan fingerprint density at radius 2 is 1.79 bits per heavy atom. The van der Waals surface area contributed by atoms with Gasteiger partial charge in [0.05, 0.1) is 18.7 Å². The normalized spacial score (nSPS) is 13.7. The van der Waals surface area contributed by atoms with E-state index in [0.717, 1.165) is 12.2 Å². The number of carbonyl (C=O) groups is 1. The maximum Gasteiger partial charge on any atom is 0.231 e.